The number of hydrogen-bond donors (Lipinski definition) is 0. The molecule has 0 aliphatic carbocycles. The van der Waals surface area contributed by atoms with Crippen LogP contribution in [0.25, 0.3) is 122 Å². The van der Waals surface area contributed by atoms with Crippen molar-refractivity contribution < 1.29 is 4.42 Å². The zero-order chi connectivity index (χ0) is 40.0. The van der Waals surface area contributed by atoms with Crippen LogP contribution in [0.15, 0.2) is 205 Å². The van der Waals surface area contributed by atoms with E-state index >= 15 is 0 Å². The molecule has 0 radical (unpaired) electrons. The maximum atomic E-state index is 6.35. The summed E-state index contributed by atoms with van der Waals surface area (Å²) in [5.41, 5.74) is 11.1. The van der Waals surface area contributed by atoms with Crippen molar-refractivity contribution in [1.29, 1.82) is 0 Å². The van der Waals surface area contributed by atoms with E-state index in [2.05, 4.69) is 167 Å². The molecule has 61 heavy (non-hydrogen) atoms. The van der Waals surface area contributed by atoms with Crippen LogP contribution in [-0.2, 0) is 0 Å². The number of para-hydroxylation sites is 3. The molecular weight excluding hydrogens is 747 g/mol. The van der Waals surface area contributed by atoms with E-state index in [-0.39, 0.29) is 0 Å². The Balaban J connectivity index is 1.08. The van der Waals surface area contributed by atoms with Crippen molar-refractivity contribution in [3.05, 3.63) is 200 Å². The van der Waals surface area contributed by atoms with Crippen molar-refractivity contribution in [1.82, 2.24) is 24.1 Å². The van der Waals surface area contributed by atoms with Crippen LogP contribution in [0.1, 0.15) is 0 Å². The summed E-state index contributed by atoms with van der Waals surface area (Å²) >= 11 is 0. The summed E-state index contributed by atoms with van der Waals surface area (Å²) in [5.74, 6) is 1.69. The van der Waals surface area contributed by atoms with E-state index < -0.39 is 0 Å². The van der Waals surface area contributed by atoms with Crippen LogP contribution in [0.3, 0.4) is 0 Å². The summed E-state index contributed by atoms with van der Waals surface area (Å²) in [5, 5.41) is 9.17. The van der Waals surface area contributed by atoms with Crippen LogP contribution in [0, 0.1) is 0 Å². The van der Waals surface area contributed by atoms with E-state index in [4.69, 9.17) is 19.4 Å². The van der Waals surface area contributed by atoms with Crippen LogP contribution in [0.2, 0.25) is 0 Å². The third-order valence-electron chi connectivity index (χ3n) is 12.2. The highest BCUT2D eigenvalue weighted by atomic mass is 16.3. The highest BCUT2D eigenvalue weighted by molar-refractivity contribution is 6.23. The predicted molar refractivity (Wildman–Crippen MR) is 250 cm³/mol. The van der Waals surface area contributed by atoms with Gasteiger partial charge >= 0.3 is 0 Å². The molecule has 0 aliphatic rings. The molecule has 0 unspecified atom stereocenters. The molecule has 0 spiro atoms. The van der Waals surface area contributed by atoms with Crippen molar-refractivity contribution in [2.24, 2.45) is 0 Å². The topological polar surface area (TPSA) is 61.7 Å². The lowest BCUT2D eigenvalue weighted by atomic mass is 10.0. The monoisotopic (exact) mass is 779 g/mol. The minimum atomic E-state index is 0.538. The first-order valence-electron chi connectivity index (χ1n) is 20.5. The van der Waals surface area contributed by atoms with Gasteiger partial charge in [-0.05, 0) is 70.4 Å². The zero-order valence-electron chi connectivity index (χ0n) is 32.7. The van der Waals surface area contributed by atoms with Gasteiger partial charge in [0.15, 0.2) is 11.6 Å². The minimum Gasteiger partial charge on any atom is -0.456 e. The molecule has 6 heteroatoms. The third-order valence-corrected chi connectivity index (χ3v) is 12.2. The van der Waals surface area contributed by atoms with Crippen LogP contribution >= 0.6 is 0 Å². The second-order valence-electron chi connectivity index (χ2n) is 15.6. The largest absolute Gasteiger partial charge is 0.456 e. The summed E-state index contributed by atoms with van der Waals surface area (Å²) in [7, 11) is 0. The smallest absolute Gasteiger partial charge is 0.238 e. The highest BCUT2D eigenvalue weighted by Gasteiger charge is 2.24. The number of nitrogens with zero attached hydrogens (tertiary/aromatic N) is 5. The standard InChI is InChI=1S/C55H33N5O/c1-2-13-36(14-3-1)53-56-54(39-26-29-44-43-18-8-11-21-49(43)61-50(44)33-39)58-55(57-53)60-48-20-10-7-17-42(48)46-31-30-45-41-16-6-9-19-47(41)59(51(45)52(46)60)40-27-24-35(25-28-40)38-23-22-34-12-4-5-15-37(34)32-38/h1-33H. The van der Waals surface area contributed by atoms with Crippen LogP contribution in [-0.4, -0.2) is 24.1 Å². The third kappa shape index (κ3) is 5.19. The van der Waals surface area contributed by atoms with Crippen molar-refractivity contribution in [2.75, 3.05) is 0 Å². The Bertz CT molecular complexity index is 3880. The maximum Gasteiger partial charge on any atom is 0.238 e. The van der Waals surface area contributed by atoms with Gasteiger partial charge in [0.05, 0.1) is 22.1 Å². The molecule has 13 rings (SSSR count). The molecule has 0 amide bonds. The van der Waals surface area contributed by atoms with E-state index in [9.17, 15) is 0 Å². The van der Waals surface area contributed by atoms with Crippen molar-refractivity contribution in [2.45, 2.75) is 0 Å². The van der Waals surface area contributed by atoms with Gasteiger partial charge in [0.2, 0.25) is 5.95 Å². The second-order valence-corrected chi connectivity index (χ2v) is 15.6. The summed E-state index contributed by atoms with van der Waals surface area (Å²) < 4.78 is 11.0. The highest BCUT2D eigenvalue weighted by Crippen LogP contribution is 2.42. The fraction of sp³-hybridized carbons (Fsp3) is 0. The Morgan fingerprint density at radius 3 is 1.66 bits per heavy atom. The average molecular weight is 780 g/mol. The summed E-state index contributed by atoms with van der Waals surface area (Å²) in [6, 6.07) is 70.5. The van der Waals surface area contributed by atoms with Gasteiger partial charge in [0.25, 0.3) is 0 Å². The Hall–Kier alpha value is -8.35. The Labute approximate surface area is 349 Å². The van der Waals surface area contributed by atoms with Gasteiger partial charge in [-0.1, -0.05) is 152 Å². The van der Waals surface area contributed by atoms with Crippen LogP contribution < -0.4 is 0 Å². The summed E-state index contributed by atoms with van der Waals surface area (Å²) in [4.78, 5) is 15.8. The number of hydrogen-bond acceptors (Lipinski definition) is 4. The first kappa shape index (κ1) is 33.6. The van der Waals surface area contributed by atoms with Gasteiger partial charge in [-0.2, -0.15) is 9.97 Å². The van der Waals surface area contributed by atoms with Crippen LogP contribution in [0.5, 0.6) is 0 Å². The SMILES string of the molecule is c1ccc(-c2nc(-c3ccc4c(c3)oc3ccccc34)nc(-n3c4ccccc4c4ccc5c6ccccc6n(-c6ccc(-c7ccc8ccccc8c7)cc6)c5c43)n2)cc1. The maximum absolute atomic E-state index is 6.35. The lowest BCUT2D eigenvalue weighted by Crippen LogP contribution is -2.07. The Morgan fingerprint density at radius 1 is 0.328 bits per heavy atom. The lowest BCUT2D eigenvalue weighted by Gasteiger charge is -2.14. The first-order chi connectivity index (χ1) is 30.2. The van der Waals surface area contributed by atoms with E-state index in [1.165, 1.54) is 27.3 Å². The predicted octanol–water partition coefficient (Wildman–Crippen LogP) is 14.1. The molecular formula is C55H33N5O. The number of aromatic nitrogens is 5. The molecule has 0 fully saturated rings. The van der Waals surface area contributed by atoms with Crippen LogP contribution in [0.4, 0.5) is 0 Å². The van der Waals surface area contributed by atoms with Gasteiger partial charge in [-0.15, -0.1) is 0 Å². The molecule has 284 valence electrons. The fourth-order valence-corrected chi connectivity index (χ4v) is 9.32. The number of furan rings is 1. The normalized spacial score (nSPS) is 11.9. The second kappa shape index (κ2) is 13.1. The summed E-state index contributed by atoms with van der Waals surface area (Å²) in [6.45, 7) is 0. The van der Waals surface area contributed by atoms with Gasteiger partial charge in [-0.25, -0.2) is 4.98 Å². The molecule has 0 saturated carbocycles. The summed E-state index contributed by atoms with van der Waals surface area (Å²) in [6.07, 6.45) is 0. The first-order valence-corrected chi connectivity index (χ1v) is 20.5. The molecule has 0 saturated heterocycles. The number of fused-ring (bicyclic) bond motifs is 11. The van der Waals surface area contributed by atoms with E-state index in [0.717, 1.165) is 77.0 Å². The Kier molecular flexibility index (Phi) is 7.21. The average Bonchev–Trinajstić information content (AvgIpc) is 3.99. The minimum absolute atomic E-state index is 0.538. The van der Waals surface area contributed by atoms with Crippen molar-refractivity contribution in [3.63, 3.8) is 0 Å². The van der Waals surface area contributed by atoms with E-state index in [1.54, 1.807) is 0 Å². The molecule has 0 bridgehead atoms. The van der Waals surface area contributed by atoms with Gasteiger partial charge in [-0.3, -0.25) is 4.57 Å². The molecule has 4 heterocycles. The number of rotatable bonds is 5. The molecule has 9 aromatic carbocycles. The van der Waals surface area contributed by atoms with E-state index in [0.29, 0.717) is 17.6 Å². The molecule has 0 atom stereocenters. The molecule has 0 aliphatic heterocycles. The van der Waals surface area contributed by atoms with Gasteiger partial charge < -0.3 is 8.98 Å². The molecule has 0 N–H and O–H groups in total. The van der Waals surface area contributed by atoms with E-state index in [1.807, 2.05) is 42.5 Å². The van der Waals surface area contributed by atoms with Crippen molar-refractivity contribution >= 4 is 76.3 Å². The molecule has 6 nitrogen and oxygen atoms in total. The van der Waals surface area contributed by atoms with Gasteiger partial charge in [0.1, 0.15) is 11.2 Å². The van der Waals surface area contributed by atoms with Gasteiger partial charge in [0, 0.05) is 49.1 Å². The van der Waals surface area contributed by atoms with Crippen molar-refractivity contribution in [3.8, 4) is 45.5 Å². The Morgan fingerprint density at radius 2 is 0.885 bits per heavy atom. The quantitative estimate of drug-likeness (QED) is 0.175. The fourth-order valence-electron chi connectivity index (χ4n) is 9.32. The molecule has 13 aromatic rings. The molecule has 4 aromatic heterocycles. The zero-order valence-corrected chi connectivity index (χ0v) is 32.7. The lowest BCUT2D eigenvalue weighted by molar-refractivity contribution is 0.669. The number of benzene rings is 9.